The van der Waals surface area contributed by atoms with Gasteiger partial charge in [-0.25, -0.2) is 9.78 Å². The zero-order valence-corrected chi connectivity index (χ0v) is 11.2. The fraction of sp³-hybridized carbons (Fsp3) is 0.615. The number of urea groups is 1. The lowest BCUT2D eigenvalue weighted by Crippen LogP contribution is -2.45. The van der Waals surface area contributed by atoms with E-state index in [9.17, 15) is 9.59 Å². The minimum atomic E-state index is -0.788. The van der Waals surface area contributed by atoms with Crippen molar-refractivity contribution in [1.82, 2.24) is 19.4 Å². The van der Waals surface area contributed by atoms with Crippen LogP contribution in [-0.2, 0) is 17.9 Å². The maximum atomic E-state index is 12.4. The molecule has 1 unspecified atom stereocenters. The number of hydrogen-bond donors (Lipinski definition) is 1. The third-order valence-corrected chi connectivity index (χ3v) is 4.03. The number of carboxylic acid groups (broad SMARTS) is 1. The van der Waals surface area contributed by atoms with Crippen LogP contribution in [0.15, 0.2) is 12.4 Å². The molecular weight excluding hydrogens is 260 g/mol. The van der Waals surface area contributed by atoms with E-state index in [0.717, 1.165) is 18.8 Å². The lowest BCUT2D eigenvalue weighted by Gasteiger charge is -2.31. The van der Waals surface area contributed by atoms with Crippen molar-refractivity contribution in [2.45, 2.75) is 25.9 Å². The van der Waals surface area contributed by atoms with Gasteiger partial charge in [-0.15, -0.1) is 0 Å². The Morgan fingerprint density at radius 3 is 2.95 bits per heavy atom. The highest BCUT2D eigenvalue weighted by Gasteiger charge is 2.31. The quantitative estimate of drug-likeness (QED) is 0.860. The molecule has 1 fully saturated rings. The van der Waals surface area contributed by atoms with Gasteiger partial charge in [-0.3, -0.25) is 4.79 Å². The van der Waals surface area contributed by atoms with Crippen molar-refractivity contribution in [3.63, 3.8) is 0 Å². The molecule has 0 spiro atoms. The van der Waals surface area contributed by atoms with Crippen LogP contribution in [0.1, 0.15) is 18.7 Å². The van der Waals surface area contributed by atoms with Crippen LogP contribution in [0.5, 0.6) is 0 Å². The molecule has 1 aromatic heterocycles. The van der Waals surface area contributed by atoms with Gasteiger partial charge in [0.1, 0.15) is 5.82 Å². The molecule has 3 rings (SSSR count). The lowest BCUT2D eigenvalue weighted by atomic mass is 10.1. The molecule has 3 heterocycles. The Labute approximate surface area is 116 Å². The van der Waals surface area contributed by atoms with Gasteiger partial charge in [-0.1, -0.05) is 0 Å². The number of nitrogens with zero attached hydrogens (tertiary/aromatic N) is 4. The van der Waals surface area contributed by atoms with Crippen molar-refractivity contribution < 1.29 is 14.7 Å². The standard InChI is InChI=1S/C13H18N4O3/c18-12(19)7-10-1-3-16(8-10)13(20)17-6-5-15-4-2-14-11(15)9-17/h2,4,10H,1,3,5-9H2,(H,18,19). The zero-order chi connectivity index (χ0) is 14.1. The van der Waals surface area contributed by atoms with E-state index in [4.69, 9.17) is 5.11 Å². The maximum Gasteiger partial charge on any atom is 0.320 e. The van der Waals surface area contributed by atoms with Crippen LogP contribution < -0.4 is 0 Å². The number of likely N-dealkylation sites (tertiary alicyclic amines) is 1. The second-order valence-electron chi connectivity index (χ2n) is 5.44. The van der Waals surface area contributed by atoms with Crippen LogP contribution in [0.3, 0.4) is 0 Å². The van der Waals surface area contributed by atoms with Gasteiger partial charge in [-0.05, 0) is 12.3 Å². The van der Waals surface area contributed by atoms with Crippen molar-refractivity contribution in [2.75, 3.05) is 19.6 Å². The summed E-state index contributed by atoms with van der Waals surface area (Å²) in [6.07, 6.45) is 4.60. The van der Waals surface area contributed by atoms with Gasteiger partial charge >= 0.3 is 12.0 Å². The number of hydrogen-bond acceptors (Lipinski definition) is 3. The van der Waals surface area contributed by atoms with Crippen molar-refractivity contribution in [1.29, 1.82) is 0 Å². The summed E-state index contributed by atoms with van der Waals surface area (Å²) in [5.41, 5.74) is 0. The van der Waals surface area contributed by atoms with Crippen LogP contribution in [0.2, 0.25) is 0 Å². The predicted molar refractivity (Wildman–Crippen MR) is 70.0 cm³/mol. The van der Waals surface area contributed by atoms with Crippen molar-refractivity contribution in [3.05, 3.63) is 18.2 Å². The number of carbonyl (C=O) groups is 2. The van der Waals surface area contributed by atoms with Crippen molar-refractivity contribution >= 4 is 12.0 Å². The first-order valence-corrected chi connectivity index (χ1v) is 6.89. The molecule has 0 aromatic carbocycles. The third kappa shape index (κ3) is 2.48. The number of aliphatic carboxylic acids is 1. The molecule has 7 heteroatoms. The molecule has 2 amide bonds. The molecule has 0 radical (unpaired) electrons. The normalized spacial score (nSPS) is 21.9. The fourth-order valence-corrected chi connectivity index (χ4v) is 2.96. The van der Waals surface area contributed by atoms with Gasteiger partial charge in [0.25, 0.3) is 0 Å². The van der Waals surface area contributed by atoms with E-state index in [1.54, 1.807) is 16.0 Å². The summed E-state index contributed by atoms with van der Waals surface area (Å²) in [6, 6.07) is 0.00661. The molecule has 1 saturated heterocycles. The predicted octanol–water partition coefficient (Wildman–Crippen LogP) is 0.615. The molecule has 0 saturated carbocycles. The zero-order valence-electron chi connectivity index (χ0n) is 11.2. The van der Waals surface area contributed by atoms with Gasteiger partial charge < -0.3 is 19.5 Å². The topological polar surface area (TPSA) is 78.7 Å². The molecule has 20 heavy (non-hydrogen) atoms. The number of carbonyl (C=O) groups excluding carboxylic acids is 1. The highest BCUT2D eigenvalue weighted by molar-refractivity contribution is 5.75. The molecule has 1 aromatic rings. The number of aromatic nitrogens is 2. The molecule has 0 aliphatic carbocycles. The van der Waals surface area contributed by atoms with Crippen LogP contribution in [0.25, 0.3) is 0 Å². The molecule has 7 nitrogen and oxygen atoms in total. The van der Waals surface area contributed by atoms with Crippen LogP contribution in [-0.4, -0.2) is 56.1 Å². The first kappa shape index (κ1) is 13.0. The number of amides is 2. The van der Waals surface area contributed by atoms with E-state index in [1.807, 2.05) is 6.20 Å². The molecule has 1 atom stereocenters. The number of carboxylic acids is 1. The van der Waals surface area contributed by atoms with Gasteiger partial charge in [0.05, 0.1) is 6.54 Å². The summed E-state index contributed by atoms with van der Waals surface area (Å²) < 4.78 is 2.06. The monoisotopic (exact) mass is 278 g/mol. The smallest absolute Gasteiger partial charge is 0.320 e. The summed E-state index contributed by atoms with van der Waals surface area (Å²) in [5.74, 6) is 0.207. The lowest BCUT2D eigenvalue weighted by molar-refractivity contribution is -0.138. The van der Waals surface area contributed by atoms with Gasteiger partial charge in [0, 0.05) is 45.0 Å². The summed E-state index contributed by atoms with van der Waals surface area (Å²) in [5, 5.41) is 8.81. The molecule has 2 aliphatic heterocycles. The van der Waals surface area contributed by atoms with Gasteiger partial charge in [0.2, 0.25) is 0 Å². The molecular formula is C13H18N4O3. The van der Waals surface area contributed by atoms with Crippen molar-refractivity contribution in [3.8, 4) is 0 Å². The SMILES string of the molecule is O=C(O)CC1CCN(C(=O)N2CCn3ccnc3C2)C1. The van der Waals surface area contributed by atoms with E-state index < -0.39 is 5.97 Å². The Hall–Kier alpha value is -2.05. The summed E-state index contributed by atoms with van der Waals surface area (Å²) >= 11 is 0. The van der Waals surface area contributed by atoms with E-state index in [0.29, 0.717) is 26.2 Å². The Morgan fingerprint density at radius 2 is 2.15 bits per heavy atom. The average molecular weight is 278 g/mol. The third-order valence-electron chi connectivity index (χ3n) is 4.03. The number of fused-ring (bicyclic) bond motifs is 1. The molecule has 108 valence electrons. The highest BCUT2D eigenvalue weighted by atomic mass is 16.4. The fourth-order valence-electron chi connectivity index (χ4n) is 2.96. The highest BCUT2D eigenvalue weighted by Crippen LogP contribution is 2.22. The van der Waals surface area contributed by atoms with Gasteiger partial charge in [-0.2, -0.15) is 0 Å². The van der Waals surface area contributed by atoms with Crippen LogP contribution in [0, 0.1) is 5.92 Å². The van der Waals surface area contributed by atoms with E-state index in [1.165, 1.54) is 0 Å². The molecule has 2 aliphatic rings. The summed E-state index contributed by atoms with van der Waals surface area (Å²) in [6.45, 7) is 3.19. The Kier molecular flexibility index (Phi) is 3.33. The maximum absolute atomic E-state index is 12.4. The first-order chi connectivity index (χ1) is 9.63. The number of rotatable bonds is 2. The number of imidazole rings is 1. The van der Waals surface area contributed by atoms with E-state index in [-0.39, 0.29) is 18.4 Å². The summed E-state index contributed by atoms with van der Waals surface area (Å²) in [7, 11) is 0. The van der Waals surface area contributed by atoms with Crippen LogP contribution in [0.4, 0.5) is 4.79 Å². The second-order valence-corrected chi connectivity index (χ2v) is 5.44. The van der Waals surface area contributed by atoms with E-state index >= 15 is 0 Å². The second kappa shape index (κ2) is 5.15. The van der Waals surface area contributed by atoms with Crippen LogP contribution >= 0.6 is 0 Å². The minimum Gasteiger partial charge on any atom is -0.481 e. The Bertz CT molecular complexity index is 527. The van der Waals surface area contributed by atoms with Crippen molar-refractivity contribution in [2.24, 2.45) is 5.92 Å². The van der Waals surface area contributed by atoms with E-state index in [2.05, 4.69) is 9.55 Å². The Balaban J connectivity index is 1.59. The first-order valence-electron chi connectivity index (χ1n) is 6.89. The average Bonchev–Trinajstić information content (AvgIpc) is 3.04. The molecule has 0 bridgehead atoms. The Morgan fingerprint density at radius 1 is 1.30 bits per heavy atom. The van der Waals surface area contributed by atoms with Gasteiger partial charge in [0.15, 0.2) is 0 Å². The largest absolute Gasteiger partial charge is 0.481 e. The minimum absolute atomic E-state index is 0.00661. The molecule has 1 N–H and O–H groups in total. The summed E-state index contributed by atoms with van der Waals surface area (Å²) in [4.78, 5) is 31.0.